The lowest BCUT2D eigenvalue weighted by molar-refractivity contribution is -0.117. The topological polar surface area (TPSA) is 54.0 Å². The number of anilines is 2. The number of fused-ring (bicyclic) bond motifs is 1. The number of amides is 1. The lowest BCUT2D eigenvalue weighted by atomic mass is 9.90. The Balaban J connectivity index is 1.80. The first kappa shape index (κ1) is 12.6. The Labute approximate surface area is 116 Å². The van der Waals surface area contributed by atoms with Gasteiger partial charge in [-0.2, -0.15) is 0 Å². The summed E-state index contributed by atoms with van der Waals surface area (Å²) in [6, 6.07) is 10.5. The molecule has 1 aromatic heterocycles. The number of pyridine rings is 1. The first-order chi connectivity index (χ1) is 9.74. The fourth-order valence-electron chi connectivity index (χ4n) is 2.40. The molecular formula is C15H14FN3O. The van der Waals surface area contributed by atoms with E-state index in [0.29, 0.717) is 5.82 Å². The van der Waals surface area contributed by atoms with E-state index in [1.807, 2.05) is 24.3 Å². The van der Waals surface area contributed by atoms with Gasteiger partial charge >= 0.3 is 0 Å². The third-order valence-corrected chi connectivity index (χ3v) is 3.38. The maximum atomic E-state index is 12.8. The van der Waals surface area contributed by atoms with E-state index >= 15 is 0 Å². The lowest BCUT2D eigenvalue weighted by Gasteiger charge is -2.25. The van der Waals surface area contributed by atoms with Crippen molar-refractivity contribution in [1.82, 2.24) is 4.98 Å². The Morgan fingerprint density at radius 1 is 1.30 bits per heavy atom. The number of nitrogens with zero attached hydrogens (tertiary/aromatic N) is 1. The van der Waals surface area contributed by atoms with Crippen molar-refractivity contribution in [2.45, 2.75) is 12.3 Å². The molecule has 2 heterocycles. The van der Waals surface area contributed by atoms with Crippen molar-refractivity contribution in [3.63, 3.8) is 0 Å². The molecule has 1 amide bonds. The van der Waals surface area contributed by atoms with Gasteiger partial charge in [-0.15, -0.1) is 0 Å². The summed E-state index contributed by atoms with van der Waals surface area (Å²) >= 11 is 0. The van der Waals surface area contributed by atoms with Crippen LogP contribution >= 0.6 is 0 Å². The van der Waals surface area contributed by atoms with Gasteiger partial charge in [-0.05, 0) is 30.2 Å². The quantitative estimate of drug-likeness (QED) is 0.883. The second kappa shape index (κ2) is 5.28. The Kier molecular flexibility index (Phi) is 3.33. The summed E-state index contributed by atoms with van der Waals surface area (Å²) in [5, 5.41) is 6.01. The van der Waals surface area contributed by atoms with E-state index < -0.39 is 5.82 Å². The molecule has 20 heavy (non-hydrogen) atoms. The number of carbonyl (C=O) groups excluding carboxylic acids is 1. The van der Waals surface area contributed by atoms with E-state index in [-0.39, 0.29) is 11.8 Å². The highest BCUT2D eigenvalue weighted by Gasteiger charge is 2.26. The van der Waals surface area contributed by atoms with Crippen LogP contribution in [-0.4, -0.2) is 17.4 Å². The Morgan fingerprint density at radius 2 is 2.15 bits per heavy atom. The number of halogens is 1. The zero-order valence-corrected chi connectivity index (χ0v) is 10.8. The van der Waals surface area contributed by atoms with Crippen LogP contribution in [0.5, 0.6) is 0 Å². The van der Waals surface area contributed by atoms with Crippen molar-refractivity contribution in [2.24, 2.45) is 0 Å². The molecule has 2 N–H and O–H groups in total. The van der Waals surface area contributed by atoms with Gasteiger partial charge in [0.15, 0.2) is 0 Å². The van der Waals surface area contributed by atoms with Crippen molar-refractivity contribution in [1.29, 1.82) is 0 Å². The highest BCUT2D eigenvalue weighted by atomic mass is 19.1. The molecule has 4 nitrogen and oxygen atoms in total. The summed E-state index contributed by atoms with van der Waals surface area (Å²) in [6.07, 6.45) is 1.82. The largest absolute Gasteiger partial charge is 0.385 e. The first-order valence-electron chi connectivity index (χ1n) is 6.49. The highest BCUT2D eigenvalue weighted by molar-refractivity contribution is 5.96. The van der Waals surface area contributed by atoms with Gasteiger partial charge in [-0.25, -0.2) is 9.37 Å². The van der Waals surface area contributed by atoms with Crippen LogP contribution in [-0.2, 0) is 4.79 Å². The van der Waals surface area contributed by atoms with E-state index in [1.54, 1.807) is 0 Å². The van der Waals surface area contributed by atoms with Crippen LogP contribution in [0.1, 0.15) is 17.9 Å². The van der Waals surface area contributed by atoms with Crippen LogP contribution < -0.4 is 10.6 Å². The Hall–Kier alpha value is -2.43. The minimum atomic E-state index is -0.421. The zero-order valence-electron chi connectivity index (χ0n) is 10.8. The van der Waals surface area contributed by atoms with Crippen LogP contribution in [0.3, 0.4) is 0 Å². The van der Waals surface area contributed by atoms with Gasteiger partial charge in [0.2, 0.25) is 5.91 Å². The van der Waals surface area contributed by atoms with Crippen LogP contribution in [0.4, 0.5) is 15.9 Å². The van der Waals surface area contributed by atoms with Gasteiger partial charge < -0.3 is 10.6 Å². The molecule has 1 aromatic carbocycles. The molecule has 3 rings (SSSR count). The molecule has 1 aliphatic rings. The lowest BCUT2D eigenvalue weighted by Crippen LogP contribution is -2.27. The van der Waals surface area contributed by atoms with Gasteiger partial charge in [0.05, 0.1) is 12.1 Å². The van der Waals surface area contributed by atoms with Gasteiger partial charge in [-0.1, -0.05) is 18.2 Å². The summed E-state index contributed by atoms with van der Waals surface area (Å²) in [5.74, 6) is -0.375. The van der Waals surface area contributed by atoms with Crippen LogP contribution in [0, 0.1) is 5.82 Å². The number of aromatic nitrogens is 1. The van der Waals surface area contributed by atoms with Crippen LogP contribution in [0.15, 0.2) is 42.6 Å². The summed E-state index contributed by atoms with van der Waals surface area (Å²) < 4.78 is 12.8. The fourth-order valence-corrected chi connectivity index (χ4v) is 2.40. The number of rotatable bonds is 2. The molecule has 2 aromatic rings. The van der Waals surface area contributed by atoms with E-state index in [4.69, 9.17) is 0 Å². The van der Waals surface area contributed by atoms with Crippen molar-refractivity contribution < 1.29 is 9.18 Å². The third kappa shape index (κ3) is 2.47. The molecule has 0 saturated heterocycles. The molecule has 1 unspecified atom stereocenters. The van der Waals surface area contributed by atoms with Gasteiger partial charge in [0.25, 0.3) is 0 Å². The average Bonchev–Trinajstić information content (AvgIpc) is 2.49. The first-order valence-corrected chi connectivity index (χ1v) is 6.49. The summed E-state index contributed by atoms with van der Waals surface area (Å²) in [4.78, 5) is 16.2. The van der Waals surface area contributed by atoms with Crippen LogP contribution in [0.25, 0.3) is 0 Å². The average molecular weight is 271 g/mol. The molecule has 0 spiro atoms. The maximum Gasteiger partial charge on any atom is 0.233 e. The van der Waals surface area contributed by atoms with Gasteiger partial charge in [0, 0.05) is 12.2 Å². The summed E-state index contributed by atoms with van der Waals surface area (Å²) in [5.41, 5.74) is 1.98. The number of benzene rings is 1. The minimum absolute atomic E-state index is 0.113. The fraction of sp³-hybridized carbons (Fsp3) is 0.200. The van der Waals surface area contributed by atoms with Gasteiger partial charge in [0.1, 0.15) is 11.6 Å². The summed E-state index contributed by atoms with van der Waals surface area (Å²) in [7, 11) is 0. The number of hydrogen-bond acceptors (Lipinski definition) is 3. The third-order valence-electron chi connectivity index (χ3n) is 3.38. The maximum absolute atomic E-state index is 12.8. The minimum Gasteiger partial charge on any atom is -0.385 e. The van der Waals surface area contributed by atoms with Crippen molar-refractivity contribution in [3.8, 4) is 0 Å². The Bertz CT molecular complexity index is 627. The highest BCUT2D eigenvalue weighted by Crippen LogP contribution is 2.31. The second-order valence-corrected chi connectivity index (χ2v) is 4.71. The van der Waals surface area contributed by atoms with E-state index in [1.165, 1.54) is 12.1 Å². The molecule has 0 bridgehead atoms. The normalized spacial score (nSPS) is 16.9. The van der Waals surface area contributed by atoms with Crippen molar-refractivity contribution >= 4 is 17.4 Å². The zero-order chi connectivity index (χ0) is 13.9. The smallest absolute Gasteiger partial charge is 0.233 e. The molecule has 0 aliphatic carbocycles. The monoisotopic (exact) mass is 271 g/mol. The van der Waals surface area contributed by atoms with Gasteiger partial charge in [-0.3, -0.25) is 4.79 Å². The summed E-state index contributed by atoms with van der Waals surface area (Å²) in [6.45, 7) is 0.756. The molecule has 1 aliphatic heterocycles. The number of hydrogen-bond donors (Lipinski definition) is 2. The number of para-hydroxylation sites is 1. The van der Waals surface area contributed by atoms with Crippen molar-refractivity contribution in [3.05, 3.63) is 54.0 Å². The van der Waals surface area contributed by atoms with E-state index in [2.05, 4.69) is 15.6 Å². The predicted molar refractivity (Wildman–Crippen MR) is 75.1 cm³/mol. The predicted octanol–water partition coefficient (Wildman–Crippen LogP) is 2.76. The van der Waals surface area contributed by atoms with E-state index in [9.17, 15) is 9.18 Å². The second-order valence-electron chi connectivity index (χ2n) is 4.71. The molecule has 0 radical (unpaired) electrons. The number of nitrogens with one attached hydrogen (secondary N) is 2. The standard InChI is InChI=1S/C15H14FN3O/c16-10-5-6-14(18-9-10)19-15(20)12-7-8-17-13-4-2-1-3-11(12)13/h1-6,9,12,17H,7-8H2,(H,18,19,20). The van der Waals surface area contributed by atoms with Crippen molar-refractivity contribution in [2.75, 3.05) is 17.2 Å². The molecule has 5 heteroatoms. The molecular weight excluding hydrogens is 257 g/mol. The Morgan fingerprint density at radius 3 is 2.95 bits per heavy atom. The number of carbonyl (C=O) groups is 1. The van der Waals surface area contributed by atoms with E-state index in [0.717, 1.165) is 30.4 Å². The molecule has 0 fully saturated rings. The SMILES string of the molecule is O=C(Nc1ccc(F)cn1)C1CCNc2ccccc21. The van der Waals surface area contributed by atoms with Crippen LogP contribution in [0.2, 0.25) is 0 Å². The molecule has 0 saturated carbocycles. The molecule has 1 atom stereocenters. The molecule has 102 valence electrons.